The van der Waals surface area contributed by atoms with Crippen molar-refractivity contribution in [2.75, 3.05) is 0 Å². The fraction of sp³-hybridized carbons (Fsp3) is 0.250. The molecular weight excluding hydrogens is 214 g/mol. The average molecular weight is 221 g/mol. The van der Waals surface area contributed by atoms with E-state index < -0.39 is 11.6 Å². The molecule has 1 rings (SSSR count). The van der Waals surface area contributed by atoms with Gasteiger partial charge in [-0.15, -0.1) is 0 Å². The summed E-state index contributed by atoms with van der Waals surface area (Å²) < 4.78 is 25.2. The van der Waals surface area contributed by atoms with E-state index in [1.807, 2.05) is 0 Å². The first-order valence-electron chi connectivity index (χ1n) is 3.20. The van der Waals surface area contributed by atoms with Crippen molar-refractivity contribution in [2.45, 2.75) is 11.8 Å². The molecule has 1 aromatic rings. The van der Waals surface area contributed by atoms with Crippen LogP contribution in [0.1, 0.15) is 17.3 Å². The van der Waals surface area contributed by atoms with Gasteiger partial charge in [-0.1, -0.05) is 22.0 Å². The number of halogens is 3. The Bertz CT molecular complexity index is 258. The van der Waals surface area contributed by atoms with Crippen LogP contribution in [0.2, 0.25) is 0 Å². The molecule has 0 heterocycles. The van der Waals surface area contributed by atoms with Crippen LogP contribution in [0.3, 0.4) is 0 Å². The van der Waals surface area contributed by atoms with Gasteiger partial charge in [-0.2, -0.15) is 0 Å². The zero-order chi connectivity index (χ0) is 8.43. The summed E-state index contributed by atoms with van der Waals surface area (Å²) in [7, 11) is 0. The monoisotopic (exact) mass is 220 g/mol. The van der Waals surface area contributed by atoms with Crippen molar-refractivity contribution in [1.82, 2.24) is 0 Å². The van der Waals surface area contributed by atoms with E-state index in [0.29, 0.717) is 5.56 Å². The highest BCUT2D eigenvalue weighted by atomic mass is 79.9. The first-order chi connectivity index (χ1) is 5.11. The summed E-state index contributed by atoms with van der Waals surface area (Å²) in [6.07, 6.45) is 0. The standard InChI is InChI=1S/C8H7BrF2/c1-5(9)7-3-2-6(10)4-8(7)11/h2-5H,1H3. The van der Waals surface area contributed by atoms with Crippen LogP contribution in [-0.4, -0.2) is 0 Å². The Morgan fingerprint density at radius 3 is 2.45 bits per heavy atom. The fourth-order valence-electron chi connectivity index (χ4n) is 0.824. The largest absolute Gasteiger partial charge is 0.207 e. The summed E-state index contributed by atoms with van der Waals surface area (Å²) in [5.74, 6) is -1.05. The maximum atomic E-state index is 12.8. The van der Waals surface area contributed by atoms with Crippen molar-refractivity contribution >= 4 is 15.9 Å². The van der Waals surface area contributed by atoms with E-state index in [4.69, 9.17) is 0 Å². The molecule has 1 aromatic carbocycles. The second-order valence-corrected chi connectivity index (χ2v) is 3.66. The maximum Gasteiger partial charge on any atom is 0.130 e. The first kappa shape index (κ1) is 8.65. The Hall–Kier alpha value is -0.440. The second kappa shape index (κ2) is 3.30. The van der Waals surface area contributed by atoms with Gasteiger partial charge in [0.25, 0.3) is 0 Å². The quantitative estimate of drug-likeness (QED) is 0.637. The molecule has 1 atom stereocenters. The summed E-state index contributed by atoms with van der Waals surface area (Å²) in [5, 5.41) is 0. The van der Waals surface area contributed by atoms with Crippen molar-refractivity contribution in [1.29, 1.82) is 0 Å². The minimum Gasteiger partial charge on any atom is -0.207 e. The van der Waals surface area contributed by atoms with E-state index in [-0.39, 0.29) is 4.83 Å². The van der Waals surface area contributed by atoms with Gasteiger partial charge >= 0.3 is 0 Å². The van der Waals surface area contributed by atoms with Crippen molar-refractivity contribution in [3.63, 3.8) is 0 Å². The molecule has 0 radical (unpaired) electrons. The first-order valence-corrected chi connectivity index (χ1v) is 4.12. The molecule has 3 heteroatoms. The Morgan fingerprint density at radius 1 is 1.36 bits per heavy atom. The molecule has 0 amide bonds. The second-order valence-electron chi connectivity index (χ2n) is 2.28. The normalized spacial score (nSPS) is 13.1. The molecule has 0 aliphatic heterocycles. The Morgan fingerprint density at radius 2 is 2.00 bits per heavy atom. The Kier molecular flexibility index (Phi) is 2.60. The van der Waals surface area contributed by atoms with Crippen LogP contribution in [0.4, 0.5) is 8.78 Å². The summed E-state index contributed by atoms with van der Waals surface area (Å²) >= 11 is 3.20. The molecule has 0 saturated heterocycles. The predicted molar refractivity (Wildman–Crippen MR) is 43.7 cm³/mol. The fourth-order valence-corrected chi connectivity index (χ4v) is 1.20. The Balaban J connectivity index is 3.09. The van der Waals surface area contributed by atoms with E-state index in [2.05, 4.69) is 15.9 Å². The lowest BCUT2D eigenvalue weighted by Crippen LogP contribution is -1.90. The minimum absolute atomic E-state index is 0.0805. The van der Waals surface area contributed by atoms with Crippen LogP contribution in [0.25, 0.3) is 0 Å². The van der Waals surface area contributed by atoms with Crippen LogP contribution in [0.15, 0.2) is 18.2 Å². The van der Waals surface area contributed by atoms with Gasteiger partial charge in [-0.05, 0) is 13.0 Å². The Labute approximate surface area is 72.4 Å². The molecular formula is C8H7BrF2. The zero-order valence-electron chi connectivity index (χ0n) is 5.94. The van der Waals surface area contributed by atoms with Gasteiger partial charge in [-0.25, -0.2) is 8.78 Å². The third kappa shape index (κ3) is 1.99. The predicted octanol–water partition coefficient (Wildman–Crippen LogP) is 3.42. The number of rotatable bonds is 1. The van der Waals surface area contributed by atoms with Crippen LogP contribution in [0, 0.1) is 11.6 Å². The highest BCUT2D eigenvalue weighted by molar-refractivity contribution is 9.09. The van der Waals surface area contributed by atoms with Gasteiger partial charge in [0.1, 0.15) is 11.6 Å². The van der Waals surface area contributed by atoms with E-state index in [1.54, 1.807) is 6.92 Å². The van der Waals surface area contributed by atoms with Gasteiger partial charge in [0, 0.05) is 16.5 Å². The summed E-state index contributed by atoms with van der Waals surface area (Å²) in [5.41, 5.74) is 0.478. The molecule has 0 spiro atoms. The maximum absolute atomic E-state index is 12.8. The molecule has 0 aliphatic carbocycles. The van der Waals surface area contributed by atoms with Gasteiger partial charge in [0.05, 0.1) is 0 Å². The smallest absolute Gasteiger partial charge is 0.130 e. The molecule has 0 aromatic heterocycles. The van der Waals surface area contributed by atoms with Gasteiger partial charge in [0.15, 0.2) is 0 Å². The number of hydrogen-bond donors (Lipinski definition) is 0. The molecule has 0 nitrogen and oxygen atoms in total. The molecule has 0 bridgehead atoms. The van der Waals surface area contributed by atoms with Crippen LogP contribution in [-0.2, 0) is 0 Å². The third-order valence-corrected chi connectivity index (χ3v) is 1.88. The average Bonchev–Trinajstić information content (AvgIpc) is 1.85. The third-order valence-electron chi connectivity index (χ3n) is 1.39. The van der Waals surface area contributed by atoms with E-state index >= 15 is 0 Å². The molecule has 0 N–H and O–H groups in total. The van der Waals surface area contributed by atoms with Crippen LogP contribution >= 0.6 is 15.9 Å². The van der Waals surface area contributed by atoms with Gasteiger partial charge < -0.3 is 0 Å². The SMILES string of the molecule is CC(Br)c1ccc(F)cc1F. The number of alkyl halides is 1. The van der Waals surface area contributed by atoms with Gasteiger partial charge in [-0.3, -0.25) is 0 Å². The number of hydrogen-bond acceptors (Lipinski definition) is 0. The van der Waals surface area contributed by atoms with E-state index in [0.717, 1.165) is 6.07 Å². The summed E-state index contributed by atoms with van der Waals surface area (Å²) in [6, 6.07) is 3.56. The highest BCUT2D eigenvalue weighted by Gasteiger charge is 2.07. The zero-order valence-corrected chi connectivity index (χ0v) is 7.53. The lowest BCUT2D eigenvalue weighted by molar-refractivity contribution is 0.573. The topological polar surface area (TPSA) is 0 Å². The molecule has 0 saturated carbocycles. The minimum atomic E-state index is -0.542. The lowest BCUT2D eigenvalue weighted by Gasteiger charge is -2.03. The van der Waals surface area contributed by atoms with Crippen molar-refractivity contribution in [3.8, 4) is 0 Å². The van der Waals surface area contributed by atoms with Crippen molar-refractivity contribution in [3.05, 3.63) is 35.4 Å². The summed E-state index contributed by atoms with van der Waals surface area (Å²) in [4.78, 5) is -0.0805. The lowest BCUT2D eigenvalue weighted by atomic mass is 10.1. The van der Waals surface area contributed by atoms with Crippen LogP contribution in [0.5, 0.6) is 0 Å². The van der Waals surface area contributed by atoms with Crippen molar-refractivity contribution in [2.24, 2.45) is 0 Å². The van der Waals surface area contributed by atoms with Gasteiger partial charge in [0.2, 0.25) is 0 Å². The van der Waals surface area contributed by atoms with Crippen molar-refractivity contribution < 1.29 is 8.78 Å². The van der Waals surface area contributed by atoms with Crippen LogP contribution < -0.4 is 0 Å². The number of benzene rings is 1. The van der Waals surface area contributed by atoms with E-state index in [9.17, 15) is 8.78 Å². The molecule has 0 aliphatic rings. The summed E-state index contributed by atoms with van der Waals surface area (Å²) in [6.45, 7) is 1.79. The molecule has 0 fully saturated rings. The van der Waals surface area contributed by atoms with E-state index in [1.165, 1.54) is 12.1 Å². The molecule has 11 heavy (non-hydrogen) atoms. The highest BCUT2D eigenvalue weighted by Crippen LogP contribution is 2.24. The molecule has 60 valence electrons. The molecule has 1 unspecified atom stereocenters.